The number of aliphatic carboxylic acids is 1. The van der Waals surface area contributed by atoms with E-state index in [0.29, 0.717) is 0 Å². The minimum atomic E-state index is -3.95. The van der Waals surface area contributed by atoms with Gasteiger partial charge in [-0.15, -0.1) is 0 Å². The first-order valence-electron chi connectivity index (χ1n) is 6.17. The molecule has 0 fully saturated rings. The van der Waals surface area contributed by atoms with E-state index in [9.17, 15) is 17.6 Å². The molecule has 0 aliphatic heterocycles. The molecule has 0 aromatic heterocycles. The highest BCUT2D eigenvalue weighted by atomic mass is 32.2. The summed E-state index contributed by atoms with van der Waals surface area (Å²) in [5, 5.41) is 8.65. The third-order valence-electron chi connectivity index (χ3n) is 2.81. The normalized spacial score (nSPS) is 12.2. The minimum Gasteiger partial charge on any atom is -0.494 e. The summed E-state index contributed by atoms with van der Waals surface area (Å²) < 4.78 is 45.0. The maximum absolute atomic E-state index is 13.6. The van der Waals surface area contributed by atoms with Crippen molar-refractivity contribution in [1.29, 1.82) is 0 Å². The van der Waals surface area contributed by atoms with Gasteiger partial charge in [0.1, 0.15) is 0 Å². The molecular formula is C13H18FNO5S. The molecule has 2 N–H and O–H groups in total. The van der Waals surface area contributed by atoms with E-state index in [0.717, 1.165) is 6.07 Å². The van der Waals surface area contributed by atoms with Gasteiger partial charge in [0.05, 0.1) is 12.0 Å². The Hall–Kier alpha value is -1.67. The van der Waals surface area contributed by atoms with Crippen LogP contribution in [0.15, 0.2) is 23.1 Å². The van der Waals surface area contributed by atoms with Gasteiger partial charge in [-0.3, -0.25) is 4.79 Å². The molecule has 0 saturated carbocycles. The number of benzene rings is 1. The van der Waals surface area contributed by atoms with Crippen LogP contribution in [0.5, 0.6) is 5.75 Å². The van der Waals surface area contributed by atoms with Crippen LogP contribution in [0.1, 0.15) is 26.7 Å². The fourth-order valence-electron chi connectivity index (χ4n) is 1.71. The molecule has 0 aliphatic rings. The van der Waals surface area contributed by atoms with Crippen molar-refractivity contribution in [2.75, 3.05) is 7.11 Å². The van der Waals surface area contributed by atoms with Gasteiger partial charge in [-0.2, -0.15) is 0 Å². The van der Waals surface area contributed by atoms with Gasteiger partial charge in [-0.25, -0.2) is 17.5 Å². The van der Waals surface area contributed by atoms with E-state index < -0.39 is 27.3 Å². The van der Waals surface area contributed by atoms with E-state index >= 15 is 0 Å². The quantitative estimate of drug-likeness (QED) is 0.799. The number of carbonyl (C=O) groups is 1. The number of methoxy groups -OCH3 is 1. The Labute approximate surface area is 123 Å². The van der Waals surface area contributed by atoms with Crippen LogP contribution in [-0.2, 0) is 14.8 Å². The Morgan fingerprint density at radius 2 is 2.05 bits per heavy atom. The number of hydrogen-bond donors (Lipinski definition) is 2. The van der Waals surface area contributed by atoms with Gasteiger partial charge in [0.25, 0.3) is 0 Å². The Kier molecular flexibility index (Phi) is 5.30. The van der Waals surface area contributed by atoms with Gasteiger partial charge in [0.2, 0.25) is 10.0 Å². The molecular weight excluding hydrogens is 301 g/mol. The molecule has 0 heterocycles. The lowest BCUT2D eigenvalue weighted by Crippen LogP contribution is -2.43. The van der Waals surface area contributed by atoms with E-state index in [-0.39, 0.29) is 23.5 Å². The van der Waals surface area contributed by atoms with Gasteiger partial charge in [0, 0.05) is 12.0 Å². The van der Waals surface area contributed by atoms with Crippen LogP contribution in [0.4, 0.5) is 4.39 Å². The number of ether oxygens (including phenoxy) is 1. The average Bonchev–Trinajstić information content (AvgIpc) is 2.35. The first-order valence-corrected chi connectivity index (χ1v) is 7.65. The number of carboxylic acid groups (broad SMARTS) is 1. The zero-order valence-electron chi connectivity index (χ0n) is 12.0. The van der Waals surface area contributed by atoms with Crippen LogP contribution in [0.2, 0.25) is 0 Å². The summed E-state index contributed by atoms with van der Waals surface area (Å²) in [5.74, 6) is -1.86. The van der Waals surface area contributed by atoms with E-state index in [1.54, 1.807) is 13.8 Å². The van der Waals surface area contributed by atoms with Crippen LogP contribution < -0.4 is 9.46 Å². The number of rotatable bonds is 7. The SMILES string of the molecule is COc1ccc(S(=O)(=O)NC(C)(C)CCC(=O)O)cc1F. The van der Waals surface area contributed by atoms with Crippen molar-refractivity contribution in [3.63, 3.8) is 0 Å². The maximum atomic E-state index is 13.6. The molecule has 21 heavy (non-hydrogen) atoms. The molecule has 6 nitrogen and oxygen atoms in total. The molecule has 0 radical (unpaired) electrons. The molecule has 0 atom stereocenters. The van der Waals surface area contributed by atoms with E-state index in [2.05, 4.69) is 4.72 Å². The number of nitrogens with one attached hydrogen (secondary N) is 1. The summed E-state index contributed by atoms with van der Waals surface area (Å²) in [7, 11) is -2.67. The van der Waals surface area contributed by atoms with Crippen molar-refractivity contribution in [1.82, 2.24) is 4.72 Å². The third-order valence-corrected chi connectivity index (χ3v) is 4.50. The molecule has 0 aliphatic carbocycles. The van der Waals surface area contributed by atoms with Crippen molar-refractivity contribution in [2.45, 2.75) is 37.1 Å². The van der Waals surface area contributed by atoms with Crippen LogP contribution >= 0.6 is 0 Å². The third kappa shape index (κ3) is 4.98. The van der Waals surface area contributed by atoms with Crippen LogP contribution in [0.3, 0.4) is 0 Å². The van der Waals surface area contributed by atoms with Gasteiger partial charge in [-0.05, 0) is 38.5 Å². The van der Waals surface area contributed by atoms with Crippen molar-refractivity contribution >= 4 is 16.0 Å². The summed E-state index contributed by atoms with van der Waals surface area (Å²) in [6, 6.07) is 3.29. The highest BCUT2D eigenvalue weighted by Gasteiger charge is 2.27. The molecule has 1 aromatic carbocycles. The largest absolute Gasteiger partial charge is 0.494 e. The van der Waals surface area contributed by atoms with Crippen LogP contribution in [0.25, 0.3) is 0 Å². The lowest BCUT2D eigenvalue weighted by molar-refractivity contribution is -0.137. The molecule has 0 amide bonds. The monoisotopic (exact) mass is 319 g/mol. The zero-order chi connectivity index (χ0) is 16.3. The molecule has 0 spiro atoms. The highest BCUT2D eigenvalue weighted by Crippen LogP contribution is 2.22. The van der Waals surface area contributed by atoms with Crippen LogP contribution in [0, 0.1) is 5.82 Å². The van der Waals surface area contributed by atoms with Crippen molar-refractivity contribution < 1.29 is 27.4 Å². The second-order valence-electron chi connectivity index (χ2n) is 5.18. The van der Waals surface area contributed by atoms with Crippen molar-refractivity contribution in [3.8, 4) is 5.75 Å². The number of carboxylic acids is 1. The summed E-state index contributed by atoms with van der Waals surface area (Å²) in [6.45, 7) is 3.13. The predicted octanol–water partition coefficient (Wildman–Crippen LogP) is 1.76. The number of halogens is 1. The molecule has 1 aromatic rings. The summed E-state index contributed by atoms with van der Waals surface area (Å²) >= 11 is 0. The highest BCUT2D eigenvalue weighted by molar-refractivity contribution is 7.89. The van der Waals surface area contributed by atoms with Crippen LogP contribution in [-0.4, -0.2) is 32.1 Å². The van der Waals surface area contributed by atoms with Gasteiger partial charge < -0.3 is 9.84 Å². The minimum absolute atomic E-state index is 0.0564. The Morgan fingerprint density at radius 3 is 2.52 bits per heavy atom. The Morgan fingerprint density at radius 1 is 1.43 bits per heavy atom. The molecule has 0 unspecified atom stereocenters. The molecule has 8 heteroatoms. The summed E-state index contributed by atoms with van der Waals surface area (Å²) in [4.78, 5) is 10.3. The summed E-state index contributed by atoms with van der Waals surface area (Å²) in [5.41, 5.74) is -0.965. The fourth-order valence-corrected chi connectivity index (χ4v) is 3.16. The maximum Gasteiger partial charge on any atom is 0.303 e. The predicted molar refractivity (Wildman–Crippen MR) is 74.2 cm³/mol. The van der Waals surface area contributed by atoms with E-state index in [1.807, 2.05) is 0 Å². The molecule has 0 saturated heterocycles. The van der Waals surface area contributed by atoms with Gasteiger partial charge in [-0.1, -0.05) is 0 Å². The molecule has 1 rings (SSSR count). The average molecular weight is 319 g/mol. The first kappa shape index (κ1) is 17.4. The smallest absolute Gasteiger partial charge is 0.303 e. The lowest BCUT2D eigenvalue weighted by Gasteiger charge is -2.25. The summed E-state index contributed by atoms with van der Waals surface area (Å²) in [6.07, 6.45) is -0.0628. The Balaban J connectivity index is 2.95. The second-order valence-corrected chi connectivity index (χ2v) is 6.86. The zero-order valence-corrected chi connectivity index (χ0v) is 12.8. The van der Waals surface area contributed by atoms with Gasteiger partial charge in [0.15, 0.2) is 11.6 Å². The fraction of sp³-hybridized carbons (Fsp3) is 0.462. The topological polar surface area (TPSA) is 92.7 Å². The Bertz CT molecular complexity index is 627. The number of hydrogen-bond acceptors (Lipinski definition) is 4. The number of sulfonamides is 1. The molecule has 0 bridgehead atoms. The van der Waals surface area contributed by atoms with Crippen molar-refractivity contribution in [3.05, 3.63) is 24.0 Å². The first-order chi connectivity index (χ1) is 9.57. The van der Waals surface area contributed by atoms with Gasteiger partial charge >= 0.3 is 5.97 Å². The molecule has 118 valence electrons. The lowest BCUT2D eigenvalue weighted by atomic mass is 10.0. The second kappa shape index (κ2) is 6.40. The van der Waals surface area contributed by atoms with E-state index in [4.69, 9.17) is 9.84 Å². The van der Waals surface area contributed by atoms with E-state index in [1.165, 1.54) is 19.2 Å². The standard InChI is InChI=1S/C13H18FNO5S/c1-13(2,7-6-12(16)17)15-21(18,19)9-4-5-11(20-3)10(14)8-9/h4-5,8,15H,6-7H2,1-3H3,(H,16,17). The van der Waals surface area contributed by atoms with Crippen molar-refractivity contribution in [2.24, 2.45) is 0 Å².